The van der Waals surface area contributed by atoms with Crippen molar-refractivity contribution in [1.82, 2.24) is 9.88 Å². The third kappa shape index (κ3) is 3.19. The maximum atomic E-state index is 3.71. The first kappa shape index (κ1) is 24.7. The van der Waals surface area contributed by atoms with E-state index in [1.54, 1.807) is 0 Å². The van der Waals surface area contributed by atoms with Crippen LogP contribution < -0.4 is 5.32 Å². The second kappa shape index (κ2) is 8.39. The highest BCUT2D eigenvalue weighted by atomic mass is 15.1. The summed E-state index contributed by atoms with van der Waals surface area (Å²) in [5, 5.41) is 6.31. The standard InChI is InChI=1S/C41H34N2/c1-40(2)31-16-10-8-15-28(31)38-32(40)18-19-33-39(38)30-23-29-27-14-9-11-17-35(27)43(36(29)24-34(30)41(33,3)4)37-22-26(20-21-42-37)25-12-6-5-7-13-25/h5-20,22-24,42H,21H2,1-4H3. The third-order valence-electron chi connectivity index (χ3n) is 10.4. The van der Waals surface area contributed by atoms with Gasteiger partial charge in [-0.15, -0.1) is 0 Å². The molecule has 2 heteroatoms. The Morgan fingerprint density at radius 1 is 0.581 bits per heavy atom. The molecule has 0 bridgehead atoms. The van der Waals surface area contributed by atoms with Crippen molar-refractivity contribution in [2.45, 2.75) is 38.5 Å². The normalized spacial score (nSPS) is 17.1. The molecule has 43 heavy (non-hydrogen) atoms. The topological polar surface area (TPSA) is 17.0 Å². The van der Waals surface area contributed by atoms with Gasteiger partial charge in [-0.05, 0) is 79.9 Å². The van der Waals surface area contributed by atoms with Gasteiger partial charge in [0, 0.05) is 28.1 Å². The molecule has 0 amide bonds. The molecule has 5 aromatic carbocycles. The van der Waals surface area contributed by atoms with Crippen LogP contribution in [0.1, 0.15) is 55.5 Å². The van der Waals surface area contributed by atoms with E-state index in [-0.39, 0.29) is 10.8 Å². The molecule has 2 aliphatic carbocycles. The van der Waals surface area contributed by atoms with Gasteiger partial charge in [-0.25, -0.2) is 0 Å². The first-order chi connectivity index (χ1) is 20.9. The summed E-state index contributed by atoms with van der Waals surface area (Å²) in [7, 11) is 0. The summed E-state index contributed by atoms with van der Waals surface area (Å²) >= 11 is 0. The number of fused-ring (bicyclic) bond motifs is 10. The predicted octanol–water partition coefficient (Wildman–Crippen LogP) is 9.89. The summed E-state index contributed by atoms with van der Waals surface area (Å²) < 4.78 is 2.45. The highest BCUT2D eigenvalue weighted by molar-refractivity contribution is 6.13. The summed E-state index contributed by atoms with van der Waals surface area (Å²) in [6.07, 6.45) is 4.59. The second-order valence-electron chi connectivity index (χ2n) is 13.4. The van der Waals surface area contributed by atoms with Crippen LogP contribution in [0, 0.1) is 0 Å². The van der Waals surface area contributed by atoms with E-state index < -0.39 is 0 Å². The molecule has 2 heterocycles. The Balaban J connectivity index is 1.33. The highest BCUT2D eigenvalue weighted by Gasteiger charge is 2.43. The van der Waals surface area contributed by atoms with Gasteiger partial charge in [0.15, 0.2) is 0 Å². The molecule has 0 saturated heterocycles. The Hall–Kier alpha value is -4.82. The highest BCUT2D eigenvalue weighted by Crippen LogP contribution is 2.59. The van der Waals surface area contributed by atoms with E-state index in [0.29, 0.717) is 0 Å². The SMILES string of the molecule is CC1(C)c2ccccc2-c2c1ccc1c2-c2cc3c4ccccc4n(C4=CC(c5ccccc5)=CCN4)c3cc2C1(C)C. The molecule has 0 atom stereocenters. The average molecular weight is 555 g/mol. The van der Waals surface area contributed by atoms with Crippen molar-refractivity contribution in [2.75, 3.05) is 6.54 Å². The van der Waals surface area contributed by atoms with E-state index in [9.17, 15) is 0 Å². The fourth-order valence-corrected chi connectivity index (χ4v) is 8.24. The lowest BCUT2D eigenvalue weighted by molar-refractivity contribution is 0.651. The van der Waals surface area contributed by atoms with Crippen molar-refractivity contribution in [3.05, 3.63) is 143 Å². The van der Waals surface area contributed by atoms with Gasteiger partial charge >= 0.3 is 0 Å². The van der Waals surface area contributed by atoms with Crippen molar-refractivity contribution in [1.29, 1.82) is 0 Å². The van der Waals surface area contributed by atoms with Crippen LogP contribution in [0.2, 0.25) is 0 Å². The lowest BCUT2D eigenvalue weighted by atomic mass is 9.79. The van der Waals surface area contributed by atoms with Crippen LogP contribution in [-0.4, -0.2) is 11.1 Å². The van der Waals surface area contributed by atoms with E-state index in [0.717, 1.165) is 12.4 Å². The third-order valence-corrected chi connectivity index (χ3v) is 10.4. The quantitative estimate of drug-likeness (QED) is 0.225. The number of para-hydroxylation sites is 1. The van der Waals surface area contributed by atoms with Crippen LogP contribution >= 0.6 is 0 Å². The number of nitrogens with one attached hydrogen (secondary N) is 1. The van der Waals surface area contributed by atoms with Crippen molar-refractivity contribution in [3.63, 3.8) is 0 Å². The van der Waals surface area contributed by atoms with Gasteiger partial charge in [0.25, 0.3) is 0 Å². The van der Waals surface area contributed by atoms with Gasteiger partial charge in [-0.1, -0.05) is 119 Å². The minimum absolute atomic E-state index is 0.0168. The molecule has 3 aliphatic rings. The van der Waals surface area contributed by atoms with Crippen molar-refractivity contribution in [3.8, 4) is 22.3 Å². The molecule has 0 saturated carbocycles. The first-order valence-corrected chi connectivity index (χ1v) is 15.4. The monoisotopic (exact) mass is 554 g/mol. The van der Waals surface area contributed by atoms with E-state index in [2.05, 4.69) is 153 Å². The summed E-state index contributed by atoms with van der Waals surface area (Å²) in [5.74, 6) is 1.12. The fourth-order valence-electron chi connectivity index (χ4n) is 8.24. The zero-order chi connectivity index (χ0) is 29.1. The van der Waals surface area contributed by atoms with Crippen LogP contribution in [0.4, 0.5) is 0 Å². The van der Waals surface area contributed by atoms with Gasteiger partial charge in [0.2, 0.25) is 0 Å². The molecule has 1 aliphatic heterocycles. The minimum atomic E-state index is -0.111. The summed E-state index contributed by atoms with van der Waals surface area (Å²) in [6.45, 7) is 10.4. The fraction of sp³-hybridized carbons (Fsp3) is 0.171. The van der Waals surface area contributed by atoms with Crippen LogP contribution in [0.25, 0.3) is 55.5 Å². The predicted molar refractivity (Wildman–Crippen MR) is 181 cm³/mol. The van der Waals surface area contributed by atoms with Crippen molar-refractivity contribution in [2.24, 2.45) is 0 Å². The van der Waals surface area contributed by atoms with Crippen LogP contribution in [-0.2, 0) is 10.8 Å². The first-order valence-electron chi connectivity index (χ1n) is 15.4. The zero-order valence-corrected chi connectivity index (χ0v) is 25.1. The zero-order valence-electron chi connectivity index (χ0n) is 25.1. The molecule has 2 nitrogen and oxygen atoms in total. The van der Waals surface area contributed by atoms with E-state index in [4.69, 9.17) is 0 Å². The largest absolute Gasteiger partial charge is 0.368 e. The number of nitrogens with zero attached hydrogens (tertiary/aromatic N) is 1. The molecule has 9 rings (SSSR count). The van der Waals surface area contributed by atoms with Gasteiger partial charge < -0.3 is 5.32 Å². The van der Waals surface area contributed by atoms with Crippen LogP contribution in [0.3, 0.4) is 0 Å². The smallest absolute Gasteiger partial charge is 0.111 e. The van der Waals surface area contributed by atoms with Gasteiger partial charge in [-0.2, -0.15) is 0 Å². The average Bonchev–Trinajstić information content (AvgIpc) is 3.57. The second-order valence-corrected chi connectivity index (χ2v) is 13.4. The minimum Gasteiger partial charge on any atom is -0.368 e. The van der Waals surface area contributed by atoms with Crippen LogP contribution in [0.5, 0.6) is 0 Å². The number of hydrogen-bond acceptors (Lipinski definition) is 1. The molecule has 6 aromatic rings. The molecule has 1 aromatic heterocycles. The number of aromatic nitrogens is 1. The Morgan fingerprint density at radius 2 is 1.26 bits per heavy atom. The van der Waals surface area contributed by atoms with E-state index >= 15 is 0 Å². The summed E-state index contributed by atoms with van der Waals surface area (Å²) in [4.78, 5) is 0. The number of hydrogen-bond donors (Lipinski definition) is 1. The molecule has 0 spiro atoms. The van der Waals surface area contributed by atoms with Crippen LogP contribution in [0.15, 0.2) is 115 Å². The molecular weight excluding hydrogens is 520 g/mol. The lowest BCUT2D eigenvalue weighted by Crippen LogP contribution is -2.20. The summed E-state index contributed by atoms with van der Waals surface area (Å²) in [6, 6.07) is 38.4. The molecule has 0 radical (unpaired) electrons. The van der Waals surface area contributed by atoms with Gasteiger partial charge in [-0.3, -0.25) is 4.57 Å². The van der Waals surface area contributed by atoms with Crippen molar-refractivity contribution < 1.29 is 0 Å². The summed E-state index contributed by atoms with van der Waals surface area (Å²) in [5.41, 5.74) is 16.2. The molecule has 208 valence electrons. The number of allylic oxidation sites excluding steroid dienone is 2. The Labute approximate surface area is 253 Å². The van der Waals surface area contributed by atoms with E-state index in [1.807, 2.05) is 0 Å². The molecule has 0 unspecified atom stereocenters. The molecular formula is C41H34N2. The maximum Gasteiger partial charge on any atom is 0.111 e. The van der Waals surface area contributed by atoms with E-state index in [1.165, 1.54) is 77.5 Å². The molecule has 1 N–H and O–H groups in total. The molecule has 0 fully saturated rings. The Bertz CT molecular complexity index is 2220. The Morgan fingerprint density at radius 3 is 2.07 bits per heavy atom. The van der Waals surface area contributed by atoms with Gasteiger partial charge in [0.1, 0.15) is 5.82 Å². The number of rotatable bonds is 2. The van der Waals surface area contributed by atoms with Gasteiger partial charge in [0.05, 0.1) is 11.0 Å². The number of dihydropyridines is 1. The Kier molecular flexibility index (Phi) is 4.83. The number of benzene rings is 5. The lowest BCUT2D eigenvalue weighted by Gasteiger charge is -2.24. The maximum absolute atomic E-state index is 3.71. The van der Waals surface area contributed by atoms with Crippen molar-refractivity contribution >= 4 is 33.2 Å².